The Bertz CT molecular complexity index is 1160. The van der Waals surface area contributed by atoms with E-state index in [1.807, 2.05) is 30.3 Å². The van der Waals surface area contributed by atoms with Crippen LogP contribution in [0, 0.1) is 0 Å². The molecule has 1 aromatic heterocycles. The maximum Gasteiger partial charge on any atom is 0.141 e. The molecule has 1 N–H and O–H groups in total. The summed E-state index contributed by atoms with van der Waals surface area (Å²) in [6.07, 6.45) is 3.53. The minimum atomic E-state index is -0.622. The van der Waals surface area contributed by atoms with Gasteiger partial charge in [0.1, 0.15) is 24.3 Å². The zero-order chi connectivity index (χ0) is 23.7. The van der Waals surface area contributed by atoms with E-state index in [-0.39, 0.29) is 13.2 Å². The summed E-state index contributed by atoms with van der Waals surface area (Å²) in [6.45, 7) is 2.48. The highest BCUT2D eigenvalue weighted by Crippen LogP contribution is 2.34. The number of imidazole rings is 1. The van der Waals surface area contributed by atoms with Crippen molar-refractivity contribution in [2.45, 2.75) is 44.4 Å². The fourth-order valence-corrected chi connectivity index (χ4v) is 5.50. The molecular formula is C27H32ClN3O3. The van der Waals surface area contributed by atoms with Crippen LogP contribution in [0.4, 0.5) is 0 Å². The van der Waals surface area contributed by atoms with Gasteiger partial charge in [-0.3, -0.25) is 4.90 Å². The van der Waals surface area contributed by atoms with Crippen molar-refractivity contribution < 1.29 is 14.6 Å². The molecule has 34 heavy (non-hydrogen) atoms. The van der Waals surface area contributed by atoms with Crippen molar-refractivity contribution >= 4 is 11.6 Å². The lowest BCUT2D eigenvalue weighted by Crippen LogP contribution is -2.42. The molecule has 0 spiro atoms. The molecule has 1 aliphatic heterocycles. The van der Waals surface area contributed by atoms with E-state index >= 15 is 0 Å². The summed E-state index contributed by atoms with van der Waals surface area (Å²) in [5.74, 6) is 1.76. The van der Waals surface area contributed by atoms with Crippen LogP contribution in [-0.4, -0.2) is 58.6 Å². The van der Waals surface area contributed by atoms with Crippen LogP contribution in [0.2, 0.25) is 5.02 Å². The standard InChI is InChI=1S/C27H32ClN3O3/c1-30-26-10-8-20(14-25(26)29-27(30)23-5-3-4-6-24(23)28)31-12-11-18-7-9-22(13-19(18)15-31)34-17-21(32)16-33-2/h3-7,9,13,20-21,32H,8,10-12,14-17H2,1-2H3/t20?,21-/m1/s1. The van der Waals surface area contributed by atoms with Gasteiger partial charge in [-0.25, -0.2) is 4.98 Å². The van der Waals surface area contributed by atoms with Gasteiger partial charge in [-0.15, -0.1) is 0 Å². The number of rotatable bonds is 7. The highest BCUT2D eigenvalue weighted by molar-refractivity contribution is 6.33. The fourth-order valence-electron chi connectivity index (χ4n) is 5.28. The highest BCUT2D eigenvalue weighted by Gasteiger charge is 2.30. The molecule has 0 fully saturated rings. The molecule has 2 aromatic carbocycles. The molecule has 7 heteroatoms. The second kappa shape index (κ2) is 10.1. The van der Waals surface area contributed by atoms with Gasteiger partial charge in [0.25, 0.3) is 0 Å². The van der Waals surface area contributed by atoms with Gasteiger partial charge in [0.05, 0.1) is 17.3 Å². The minimum absolute atomic E-state index is 0.231. The number of halogens is 1. The normalized spacial score (nSPS) is 18.9. The third-order valence-corrected chi connectivity index (χ3v) is 7.42. The number of fused-ring (bicyclic) bond motifs is 2. The van der Waals surface area contributed by atoms with Crippen molar-refractivity contribution in [3.63, 3.8) is 0 Å². The first-order valence-corrected chi connectivity index (χ1v) is 12.4. The molecule has 6 nitrogen and oxygen atoms in total. The average molecular weight is 482 g/mol. The average Bonchev–Trinajstić information content (AvgIpc) is 3.18. The number of ether oxygens (including phenoxy) is 2. The van der Waals surface area contributed by atoms with Crippen LogP contribution in [0.3, 0.4) is 0 Å². The molecule has 0 bridgehead atoms. The zero-order valence-electron chi connectivity index (χ0n) is 19.8. The highest BCUT2D eigenvalue weighted by atomic mass is 35.5. The van der Waals surface area contributed by atoms with Gasteiger partial charge in [0, 0.05) is 51.0 Å². The van der Waals surface area contributed by atoms with Gasteiger partial charge in [0.15, 0.2) is 0 Å². The van der Waals surface area contributed by atoms with E-state index < -0.39 is 6.10 Å². The first kappa shape index (κ1) is 23.4. The second-order valence-corrected chi connectivity index (χ2v) is 9.74. The Morgan fingerprint density at radius 1 is 1.15 bits per heavy atom. The van der Waals surface area contributed by atoms with Gasteiger partial charge in [-0.05, 0) is 54.7 Å². The Morgan fingerprint density at radius 2 is 2.00 bits per heavy atom. The Kier molecular flexibility index (Phi) is 6.93. The molecular weight excluding hydrogens is 450 g/mol. The lowest BCUT2D eigenvalue weighted by atomic mass is 9.91. The van der Waals surface area contributed by atoms with Crippen LogP contribution in [-0.2, 0) is 37.6 Å². The van der Waals surface area contributed by atoms with Gasteiger partial charge >= 0.3 is 0 Å². The van der Waals surface area contributed by atoms with Gasteiger partial charge in [-0.1, -0.05) is 29.8 Å². The van der Waals surface area contributed by atoms with Crippen LogP contribution in [0.5, 0.6) is 5.75 Å². The summed E-state index contributed by atoms with van der Waals surface area (Å²) in [5.41, 5.74) is 6.22. The molecule has 1 unspecified atom stereocenters. The van der Waals surface area contributed by atoms with E-state index in [0.717, 1.165) is 60.9 Å². The third-order valence-electron chi connectivity index (χ3n) is 7.09. The quantitative estimate of drug-likeness (QED) is 0.552. The summed E-state index contributed by atoms with van der Waals surface area (Å²) >= 11 is 6.47. The minimum Gasteiger partial charge on any atom is -0.491 e. The largest absolute Gasteiger partial charge is 0.491 e. The Balaban J connectivity index is 1.29. The molecule has 2 heterocycles. The molecule has 0 saturated heterocycles. The van der Waals surface area contributed by atoms with Crippen LogP contribution >= 0.6 is 11.6 Å². The lowest BCUT2D eigenvalue weighted by molar-refractivity contribution is 0.0325. The van der Waals surface area contributed by atoms with E-state index in [4.69, 9.17) is 26.1 Å². The molecule has 1 aliphatic carbocycles. The van der Waals surface area contributed by atoms with Crippen molar-refractivity contribution in [2.24, 2.45) is 7.05 Å². The van der Waals surface area contributed by atoms with E-state index in [0.29, 0.717) is 6.04 Å². The summed E-state index contributed by atoms with van der Waals surface area (Å²) in [7, 11) is 3.68. The van der Waals surface area contributed by atoms with E-state index in [9.17, 15) is 5.11 Å². The van der Waals surface area contributed by atoms with E-state index in [1.165, 1.54) is 22.5 Å². The number of benzene rings is 2. The Labute approximate surface area is 206 Å². The molecule has 0 radical (unpaired) electrons. The number of aromatic nitrogens is 2. The fraction of sp³-hybridized carbons (Fsp3) is 0.444. The smallest absolute Gasteiger partial charge is 0.141 e. The molecule has 180 valence electrons. The monoisotopic (exact) mass is 481 g/mol. The van der Waals surface area contributed by atoms with Crippen molar-refractivity contribution in [1.82, 2.24) is 14.5 Å². The summed E-state index contributed by atoms with van der Waals surface area (Å²) in [5, 5.41) is 10.6. The van der Waals surface area contributed by atoms with E-state index in [1.54, 1.807) is 7.11 Å². The SMILES string of the molecule is COC[C@@H](O)COc1ccc2c(c1)CN(C1CCc3c(nc(-c4ccccc4Cl)n3C)C1)CC2. The Hall–Kier alpha value is -2.38. The second-order valence-electron chi connectivity index (χ2n) is 9.34. The molecule has 5 rings (SSSR count). The van der Waals surface area contributed by atoms with Crippen LogP contribution in [0.15, 0.2) is 42.5 Å². The molecule has 0 amide bonds. The maximum absolute atomic E-state index is 9.88. The summed E-state index contributed by atoms with van der Waals surface area (Å²) < 4.78 is 13.0. The predicted octanol–water partition coefficient (Wildman–Crippen LogP) is 4.04. The summed E-state index contributed by atoms with van der Waals surface area (Å²) in [6, 6.07) is 14.7. The zero-order valence-corrected chi connectivity index (χ0v) is 20.6. The van der Waals surface area contributed by atoms with Crippen molar-refractivity contribution in [3.05, 3.63) is 70.0 Å². The third kappa shape index (κ3) is 4.73. The van der Waals surface area contributed by atoms with Gasteiger partial charge in [-0.2, -0.15) is 0 Å². The number of aliphatic hydroxyl groups excluding tert-OH is 1. The molecule has 3 aromatic rings. The number of hydrogen-bond acceptors (Lipinski definition) is 5. The maximum atomic E-state index is 9.88. The predicted molar refractivity (Wildman–Crippen MR) is 133 cm³/mol. The number of aliphatic hydroxyl groups is 1. The van der Waals surface area contributed by atoms with Crippen molar-refractivity contribution in [3.8, 4) is 17.1 Å². The number of hydrogen-bond donors (Lipinski definition) is 1. The van der Waals surface area contributed by atoms with Crippen LogP contribution in [0.25, 0.3) is 11.4 Å². The van der Waals surface area contributed by atoms with Crippen LogP contribution < -0.4 is 4.74 Å². The van der Waals surface area contributed by atoms with Crippen molar-refractivity contribution in [1.29, 1.82) is 0 Å². The number of methoxy groups -OCH3 is 1. The molecule has 0 saturated carbocycles. The van der Waals surface area contributed by atoms with Gasteiger partial charge < -0.3 is 19.1 Å². The van der Waals surface area contributed by atoms with Crippen molar-refractivity contribution in [2.75, 3.05) is 26.9 Å². The lowest BCUT2D eigenvalue weighted by Gasteiger charge is -2.37. The topological polar surface area (TPSA) is 59.8 Å². The van der Waals surface area contributed by atoms with Crippen LogP contribution in [0.1, 0.15) is 28.9 Å². The van der Waals surface area contributed by atoms with Gasteiger partial charge in [0.2, 0.25) is 0 Å². The Morgan fingerprint density at radius 3 is 2.82 bits per heavy atom. The first-order chi connectivity index (χ1) is 16.5. The first-order valence-electron chi connectivity index (χ1n) is 12.0. The molecule has 2 aliphatic rings. The molecule has 2 atom stereocenters. The summed E-state index contributed by atoms with van der Waals surface area (Å²) in [4.78, 5) is 7.63. The number of nitrogens with zero attached hydrogens (tertiary/aromatic N) is 3. The van der Waals surface area contributed by atoms with E-state index in [2.05, 4.69) is 28.6 Å².